The van der Waals surface area contributed by atoms with Crippen molar-refractivity contribution in [1.29, 1.82) is 0 Å². The zero-order valence-corrected chi connectivity index (χ0v) is 12.8. The first-order valence-electron chi connectivity index (χ1n) is 6.20. The number of benzene rings is 1. The molecule has 1 heterocycles. The second-order valence-electron chi connectivity index (χ2n) is 4.27. The number of ether oxygens (including phenoxy) is 1. The van der Waals surface area contributed by atoms with Gasteiger partial charge in [-0.1, -0.05) is 28.1 Å². The highest BCUT2D eigenvalue weighted by molar-refractivity contribution is 9.08. The van der Waals surface area contributed by atoms with E-state index in [1.165, 1.54) is 0 Å². The number of nitrogens with zero attached hydrogens (tertiary/aromatic N) is 2. The van der Waals surface area contributed by atoms with Gasteiger partial charge in [0.05, 0.1) is 25.0 Å². The van der Waals surface area contributed by atoms with Crippen LogP contribution >= 0.6 is 15.9 Å². The Balaban J connectivity index is 1.97. The largest absolute Gasteiger partial charge is 0.383 e. The van der Waals surface area contributed by atoms with E-state index in [1.807, 2.05) is 12.1 Å². The minimum atomic E-state index is -0.141. The number of anilines is 1. The molecule has 0 aliphatic rings. The summed E-state index contributed by atoms with van der Waals surface area (Å²) in [5, 5.41) is 7.74. The highest BCUT2D eigenvalue weighted by atomic mass is 79.9. The minimum absolute atomic E-state index is 0.141. The van der Waals surface area contributed by atoms with E-state index in [1.54, 1.807) is 36.3 Å². The third kappa shape index (κ3) is 3.91. The second-order valence-corrected chi connectivity index (χ2v) is 4.83. The molecule has 0 saturated carbocycles. The van der Waals surface area contributed by atoms with Crippen LogP contribution in [-0.4, -0.2) is 29.4 Å². The predicted octanol–water partition coefficient (Wildman–Crippen LogP) is 2.68. The fraction of sp³-hybridized carbons (Fsp3) is 0.286. The average Bonchev–Trinajstić information content (AvgIpc) is 2.92. The van der Waals surface area contributed by atoms with Crippen LogP contribution in [0.2, 0.25) is 0 Å². The van der Waals surface area contributed by atoms with Crippen LogP contribution in [0.3, 0.4) is 0 Å². The van der Waals surface area contributed by atoms with E-state index in [2.05, 4.69) is 26.3 Å². The van der Waals surface area contributed by atoms with Crippen LogP contribution in [0, 0.1) is 0 Å². The first-order chi connectivity index (χ1) is 9.72. The number of nitrogens with one attached hydrogen (secondary N) is 1. The lowest BCUT2D eigenvalue weighted by atomic mass is 10.1. The van der Waals surface area contributed by atoms with Crippen molar-refractivity contribution in [2.24, 2.45) is 0 Å². The highest BCUT2D eigenvalue weighted by Crippen LogP contribution is 2.11. The number of amides is 1. The smallest absolute Gasteiger partial charge is 0.255 e. The molecular weight excluding hydrogens is 322 g/mol. The van der Waals surface area contributed by atoms with Crippen LogP contribution in [0.4, 0.5) is 5.69 Å². The van der Waals surface area contributed by atoms with E-state index in [0.717, 1.165) is 10.9 Å². The molecular formula is C14H16BrN3O2. The predicted molar refractivity (Wildman–Crippen MR) is 81.1 cm³/mol. The van der Waals surface area contributed by atoms with Crippen molar-refractivity contribution in [3.63, 3.8) is 0 Å². The molecule has 6 heteroatoms. The first kappa shape index (κ1) is 14.7. The Morgan fingerprint density at radius 3 is 2.80 bits per heavy atom. The topological polar surface area (TPSA) is 56.1 Å². The summed E-state index contributed by atoms with van der Waals surface area (Å²) in [5.41, 5.74) is 2.43. The maximum Gasteiger partial charge on any atom is 0.255 e. The van der Waals surface area contributed by atoms with Crippen LogP contribution in [0.15, 0.2) is 36.7 Å². The monoisotopic (exact) mass is 337 g/mol. The summed E-state index contributed by atoms with van der Waals surface area (Å²) >= 11 is 3.37. The maximum atomic E-state index is 12.1. The number of hydrogen-bond acceptors (Lipinski definition) is 3. The van der Waals surface area contributed by atoms with Crippen molar-refractivity contribution in [3.05, 3.63) is 47.8 Å². The number of rotatable bonds is 6. The Bertz CT molecular complexity index is 566. The Morgan fingerprint density at radius 2 is 2.15 bits per heavy atom. The standard InChI is InChI=1S/C14H16BrN3O2/c1-20-7-6-18-10-13(9-16-18)17-14(19)12-4-2-11(8-15)3-5-12/h2-5,9-10H,6-8H2,1H3,(H,17,19). The molecule has 0 spiro atoms. The van der Waals surface area contributed by atoms with Gasteiger partial charge in [-0.05, 0) is 17.7 Å². The summed E-state index contributed by atoms with van der Waals surface area (Å²) < 4.78 is 6.70. The Hall–Kier alpha value is -1.66. The molecule has 106 valence electrons. The summed E-state index contributed by atoms with van der Waals surface area (Å²) in [7, 11) is 1.64. The Kier molecular flexibility index (Phi) is 5.31. The fourth-order valence-electron chi connectivity index (χ4n) is 1.68. The van der Waals surface area contributed by atoms with Crippen LogP contribution in [-0.2, 0) is 16.6 Å². The molecule has 0 unspecified atom stereocenters. The van der Waals surface area contributed by atoms with Gasteiger partial charge >= 0.3 is 0 Å². The lowest BCUT2D eigenvalue weighted by Crippen LogP contribution is -2.11. The highest BCUT2D eigenvalue weighted by Gasteiger charge is 2.07. The van der Waals surface area contributed by atoms with Crippen LogP contribution in [0.1, 0.15) is 15.9 Å². The summed E-state index contributed by atoms with van der Waals surface area (Å²) in [5.74, 6) is -0.141. The Morgan fingerprint density at radius 1 is 1.40 bits per heavy atom. The number of methoxy groups -OCH3 is 1. The number of aromatic nitrogens is 2. The van der Waals surface area contributed by atoms with Crippen molar-refractivity contribution < 1.29 is 9.53 Å². The van der Waals surface area contributed by atoms with Crippen LogP contribution in [0.5, 0.6) is 0 Å². The summed E-state index contributed by atoms with van der Waals surface area (Å²) in [6.45, 7) is 1.25. The van der Waals surface area contributed by atoms with Gasteiger partial charge < -0.3 is 10.1 Å². The van der Waals surface area contributed by atoms with Crippen LogP contribution in [0.25, 0.3) is 0 Å². The van der Waals surface area contributed by atoms with E-state index in [4.69, 9.17) is 4.74 Å². The molecule has 5 nitrogen and oxygen atoms in total. The van der Waals surface area contributed by atoms with Gasteiger partial charge in [-0.25, -0.2) is 0 Å². The molecule has 1 aromatic carbocycles. The third-order valence-electron chi connectivity index (χ3n) is 2.79. The third-order valence-corrected chi connectivity index (χ3v) is 3.43. The molecule has 0 fully saturated rings. The molecule has 0 atom stereocenters. The normalized spacial score (nSPS) is 10.5. The zero-order valence-electron chi connectivity index (χ0n) is 11.2. The minimum Gasteiger partial charge on any atom is -0.383 e. The maximum absolute atomic E-state index is 12.1. The first-order valence-corrected chi connectivity index (χ1v) is 7.32. The van der Waals surface area contributed by atoms with Gasteiger partial charge in [-0.15, -0.1) is 0 Å². The molecule has 1 amide bonds. The lowest BCUT2D eigenvalue weighted by Gasteiger charge is -2.03. The summed E-state index contributed by atoms with van der Waals surface area (Å²) in [4.78, 5) is 12.1. The quantitative estimate of drug-likeness (QED) is 0.824. The molecule has 1 aromatic heterocycles. The number of carbonyl (C=O) groups excluding carboxylic acids is 1. The van der Waals surface area contributed by atoms with E-state index in [0.29, 0.717) is 24.4 Å². The molecule has 2 rings (SSSR count). The van der Waals surface area contributed by atoms with Crippen molar-refractivity contribution >= 4 is 27.5 Å². The SMILES string of the molecule is COCCn1cc(NC(=O)c2ccc(CBr)cc2)cn1. The van der Waals surface area contributed by atoms with E-state index >= 15 is 0 Å². The van der Waals surface area contributed by atoms with Gasteiger partial charge in [0.15, 0.2) is 0 Å². The number of carbonyl (C=O) groups is 1. The molecule has 20 heavy (non-hydrogen) atoms. The average molecular weight is 338 g/mol. The van der Waals surface area contributed by atoms with Gasteiger partial charge in [-0.3, -0.25) is 9.48 Å². The Labute approximate surface area is 126 Å². The van der Waals surface area contributed by atoms with Crippen molar-refractivity contribution in [1.82, 2.24) is 9.78 Å². The molecule has 0 saturated heterocycles. The number of alkyl halides is 1. The molecule has 0 radical (unpaired) electrons. The summed E-state index contributed by atoms with van der Waals surface area (Å²) in [6, 6.07) is 7.46. The number of halogens is 1. The lowest BCUT2D eigenvalue weighted by molar-refractivity contribution is 0.102. The van der Waals surface area contributed by atoms with Crippen molar-refractivity contribution in [2.45, 2.75) is 11.9 Å². The second kappa shape index (κ2) is 7.21. The molecule has 0 aliphatic heterocycles. The van der Waals surface area contributed by atoms with E-state index in [-0.39, 0.29) is 5.91 Å². The van der Waals surface area contributed by atoms with E-state index < -0.39 is 0 Å². The van der Waals surface area contributed by atoms with Crippen LogP contribution < -0.4 is 5.32 Å². The van der Waals surface area contributed by atoms with Crippen molar-refractivity contribution in [2.75, 3.05) is 19.0 Å². The van der Waals surface area contributed by atoms with E-state index in [9.17, 15) is 4.79 Å². The molecule has 1 N–H and O–H groups in total. The van der Waals surface area contributed by atoms with Gasteiger partial charge in [0.25, 0.3) is 5.91 Å². The van der Waals surface area contributed by atoms with Gasteiger partial charge in [-0.2, -0.15) is 5.10 Å². The van der Waals surface area contributed by atoms with Gasteiger partial charge in [0, 0.05) is 24.2 Å². The summed E-state index contributed by atoms with van der Waals surface area (Å²) in [6.07, 6.45) is 3.41. The van der Waals surface area contributed by atoms with Crippen molar-refractivity contribution in [3.8, 4) is 0 Å². The molecule has 2 aromatic rings. The molecule has 0 aliphatic carbocycles. The number of hydrogen-bond donors (Lipinski definition) is 1. The zero-order chi connectivity index (χ0) is 14.4. The van der Waals surface area contributed by atoms with Gasteiger partial charge in [0.1, 0.15) is 0 Å². The molecule has 0 bridgehead atoms. The van der Waals surface area contributed by atoms with Gasteiger partial charge in [0.2, 0.25) is 0 Å². The fourth-order valence-corrected chi connectivity index (χ4v) is 2.06.